The van der Waals surface area contributed by atoms with Crippen LogP contribution in [0.5, 0.6) is 0 Å². The van der Waals surface area contributed by atoms with Crippen molar-refractivity contribution in [1.29, 1.82) is 0 Å². The Balaban J connectivity index is 2.52. The number of amides is 1. The molecule has 18 heavy (non-hydrogen) atoms. The van der Waals surface area contributed by atoms with E-state index in [4.69, 9.17) is 0 Å². The number of rotatable bonds is 6. The molecule has 0 aliphatic carbocycles. The first-order chi connectivity index (χ1) is 8.55. The number of likely N-dealkylation sites (tertiary alicyclic amines) is 1. The number of carbonyl (C=O) groups is 2. The van der Waals surface area contributed by atoms with Gasteiger partial charge < -0.3 is 10.0 Å². The van der Waals surface area contributed by atoms with Crippen molar-refractivity contribution >= 4 is 23.6 Å². The van der Waals surface area contributed by atoms with Crippen molar-refractivity contribution in [2.75, 3.05) is 25.1 Å². The quantitative estimate of drug-likeness (QED) is 0.806. The molecule has 1 fully saturated rings. The Labute approximate surface area is 113 Å². The fraction of sp³-hybridized carbons (Fsp3) is 0.846. The van der Waals surface area contributed by atoms with E-state index in [1.807, 2.05) is 18.1 Å². The lowest BCUT2D eigenvalue weighted by molar-refractivity contribution is -0.155. The summed E-state index contributed by atoms with van der Waals surface area (Å²) in [6.07, 6.45) is 5.35. The van der Waals surface area contributed by atoms with Crippen molar-refractivity contribution in [1.82, 2.24) is 4.90 Å². The molecule has 0 saturated carbocycles. The number of piperidine rings is 1. The Morgan fingerprint density at radius 2 is 1.94 bits per heavy atom. The minimum Gasteiger partial charge on any atom is -0.481 e. The van der Waals surface area contributed by atoms with Crippen LogP contribution in [0.2, 0.25) is 0 Å². The van der Waals surface area contributed by atoms with Crippen LogP contribution >= 0.6 is 11.8 Å². The van der Waals surface area contributed by atoms with Crippen molar-refractivity contribution in [3.63, 3.8) is 0 Å². The molecule has 104 valence electrons. The summed E-state index contributed by atoms with van der Waals surface area (Å²) in [4.78, 5) is 25.1. The van der Waals surface area contributed by atoms with Gasteiger partial charge in [-0.25, -0.2) is 0 Å². The summed E-state index contributed by atoms with van der Waals surface area (Å²) in [6, 6.07) is 0. The number of carboxylic acids is 1. The lowest BCUT2D eigenvalue weighted by atomic mass is 9.75. The number of carboxylic acid groups (broad SMARTS) is 1. The number of hydrogen-bond donors (Lipinski definition) is 1. The summed E-state index contributed by atoms with van der Waals surface area (Å²) >= 11 is 1.67. The van der Waals surface area contributed by atoms with Crippen molar-refractivity contribution in [3.8, 4) is 0 Å². The van der Waals surface area contributed by atoms with Crippen LogP contribution in [0.3, 0.4) is 0 Å². The summed E-state index contributed by atoms with van der Waals surface area (Å²) in [7, 11) is 0. The molecule has 1 aliphatic rings. The van der Waals surface area contributed by atoms with E-state index in [1.54, 1.807) is 11.8 Å². The molecule has 1 N–H and O–H groups in total. The van der Waals surface area contributed by atoms with Gasteiger partial charge in [0.15, 0.2) is 0 Å². The van der Waals surface area contributed by atoms with Gasteiger partial charge in [0, 0.05) is 25.3 Å². The largest absolute Gasteiger partial charge is 0.481 e. The van der Waals surface area contributed by atoms with Crippen LogP contribution in [-0.2, 0) is 9.59 Å². The fourth-order valence-electron chi connectivity index (χ4n) is 2.58. The van der Waals surface area contributed by atoms with Crippen molar-refractivity contribution in [2.45, 2.75) is 39.0 Å². The van der Waals surface area contributed by atoms with E-state index in [9.17, 15) is 14.7 Å². The van der Waals surface area contributed by atoms with E-state index in [-0.39, 0.29) is 5.91 Å². The minimum absolute atomic E-state index is 0.167. The first-order valence-corrected chi connectivity index (χ1v) is 7.95. The predicted molar refractivity (Wildman–Crippen MR) is 73.8 cm³/mol. The molecule has 0 atom stereocenters. The van der Waals surface area contributed by atoms with E-state index in [0.717, 1.165) is 18.6 Å². The van der Waals surface area contributed by atoms with Crippen LogP contribution in [0, 0.1) is 5.41 Å². The molecule has 4 nitrogen and oxygen atoms in total. The van der Waals surface area contributed by atoms with Crippen molar-refractivity contribution < 1.29 is 14.7 Å². The number of aliphatic carboxylic acids is 1. The third-order valence-electron chi connectivity index (χ3n) is 3.78. The fourth-order valence-corrected chi connectivity index (χ4v) is 2.96. The number of hydrogen-bond acceptors (Lipinski definition) is 3. The highest BCUT2D eigenvalue weighted by Crippen LogP contribution is 2.36. The van der Waals surface area contributed by atoms with Gasteiger partial charge in [-0.2, -0.15) is 11.8 Å². The second-order valence-electron chi connectivity index (χ2n) is 4.96. The van der Waals surface area contributed by atoms with Crippen LogP contribution in [0.25, 0.3) is 0 Å². The zero-order valence-corrected chi connectivity index (χ0v) is 12.1. The van der Waals surface area contributed by atoms with Gasteiger partial charge in [-0.15, -0.1) is 0 Å². The molecule has 5 heteroatoms. The first kappa shape index (κ1) is 15.3. The van der Waals surface area contributed by atoms with Crippen LogP contribution in [0.4, 0.5) is 0 Å². The molecule has 1 amide bonds. The summed E-state index contributed by atoms with van der Waals surface area (Å²) in [5.74, 6) is 0.314. The number of nitrogens with zero attached hydrogens (tertiary/aromatic N) is 1. The maximum Gasteiger partial charge on any atom is 0.309 e. The average Bonchev–Trinajstić information content (AvgIpc) is 2.37. The molecule has 1 aliphatic heterocycles. The zero-order chi connectivity index (χ0) is 13.6. The van der Waals surface area contributed by atoms with Gasteiger partial charge in [0.2, 0.25) is 5.91 Å². The highest BCUT2D eigenvalue weighted by atomic mass is 32.2. The van der Waals surface area contributed by atoms with Gasteiger partial charge in [-0.3, -0.25) is 9.59 Å². The standard InChI is InChI=1S/C13H23NO3S/c1-3-5-13(12(16)17)6-8-14(9-7-13)11(15)4-10-18-2/h3-10H2,1-2H3,(H,16,17). The second-order valence-corrected chi connectivity index (χ2v) is 5.94. The zero-order valence-electron chi connectivity index (χ0n) is 11.3. The topological polar surface area (TPSA) is 57.6 Å². The Morgan fingerprint density at radius 1 is 1.33 bits per heavy atom. The third-order valence-corrected chi connectivity index (χ3v) is 4.39. The van der Waals surface area contributed by atoms with E-state index in [2.05, 4.69) is 0 Å². The lowest BCUT2D eigenvalue weighted by Crippen LogP contribution is -2.46. The molecule has 0 unspecified atom stereocenters. The van der Waals surface area contributed by atoms with Crippen LogP contribution in [0.1, 0.15) is 39.0 Å². The smallest absolute Gasteiger partial charge is 0.309 e. The maximum atomic E-state index is 11.9. The molecule has 0 spiro atoms. The van der Waals surface area contributed by atoms with Gasteiger partial charge in [0.05, 0.1) is 5.41 Å². The third kappa shape index (κ3) is 3.64. The summed E-state index contributed by atoms with van der Waals surface area (Å²) in [5.41, 5.74) is -0.592. The van der Waals surface area contributed by atoms with Gasteiger partial charge in [0.25, 0.3) is 0 Å². The Hall–Kier alpha value is -0.710. The van der Waals surface area contributed by atoms with Gasteiger partial charge in [-0.1, -0.05) is 13.3 Å². The van der Waals surface area contributed by atoms with E-state index in [0.29, 0.717) is 32.4 Å². The summed E-state index contributed by atoms with van der Waals surface area (Å²) in [6.45, 7) is 3.21. The van der Waals surface area contributed by atoms with Crippen LogP contribution < -0.4 is 0 Å². The van der Waals surface area contributed by atoms with Gasteiger partial charge in [-0.05, 0) is 25.5 Å². The monoisotopic (exact) mass is 273 g/mol. The highest BCUT2D eigenvalue weighted by Gasteiger charge is 2.41. The molecular weight excluding hydrogens is 250 g/mol. The maximum absolute atomic E-state index is 11.9. The predicted octanol–water partition coefficient (Wildman–Crippen LogP) is 2.23. The minimum atomic E-state index is -0.694. The van der Waals surface area contributed by atoms with E-state index >= 15 is 0 Å². The molecule has 1 rings (SSSR count). The number of thioether (sulfide) groups is 1. The molecule has 1 heterocycles. The molecule has 0 bridgehead atoms. The molecule has 0 aromatic carbocycles. The summed E-state index contributed by atoms with van der Waals surface area (Å²) in [5, 5.41) is 9.38. The van der Waals surface area contributed by atoms with Crippen LogP contribution in [0.15, 0.2) is 0 Å². The van der Waals surface area contributed by atoms with Crippen LogP contribution in [-0.4, -0.2) is 47.0 Å². The van der Waals surface area contributed by atoms with E-state index < -0.39 is 11.4 Å². The molecule has 0 radical (unpaired) electrons. The molecule has 1 saturated heterocycles. The molecular formula is C13H23NO3S. The van der Waals surface area contributed by atoms with Gasteiger partial charge >= 0.3 is 5.97 Å². The number of carbonyl (C=O) groups excluding carboxylic acids is 1. The molecule has 0 aromatic rings. The van der Waals surface area contributed by atoms with Gasteiger partial charge in [0.1, 0.15) is 0 Å². The Morgan fingerprint density at radius 3 is 2.39 bits per heavy atom. The van der Waals surface area contributed by atoms with E-state index in [1.165, 1.54) is 0 Å². The lowest BCUT2D eigenvalue weighted by Gasteiger charge is -2.38. The Bertz CT molecular complexity index is 299. The SMILES string of the molecule is CCCC1(C(=O)O)CCN(C(=O)CCSC)CC1. The molecule has 0 aromatic heterocycles. The first-order valence-electron chi connectivity index (χ1n) is 6.56. The second kappa shape index (κ2) is 7.02. The highest BCUT2D eigenvalue weighted by molar-refractivity contribution is 7.98. The normalized spacial score (nSPS) is 18.7. The van der Waals surface area contributed by atoms with Crippen molar-refractivity contribution in [2.24, 2.45) is 5.41 Å². The summed E-state index contributed by atoms with van der Waals surface area (Å²) < 4.78 is 0. The van der Waals surface area contributed by atoms with Crippen molar-refractivity contribution in [3.05, 3.63) is 0 Å². The average molecular weight is 273 g/mol. The Kier molecular flexibility index (Phi) is 5.99.